The highest BCUT2D eigenvalue weighted by atomic mass is 32.1. The smallest absolute Gasteiger partial charge is 0.116 e. The van der Waals surface area contributed by atoms with Crippen molar-refractivity contribution < 1.29 is 0 Å². The molecule has 0 fully saturated rings. The molecule has 2 N–H and O–H groups in total. The van der Waals surface area contributed by atoms with Gasteiger partial charge in [-0.25, -0.2) is 0 Å². The maximum atomic E-state index is 4.60. The summed E-state index contributed by atoms with van der Waals surface area (Å²) in [4.78, 5) is 13.2. The topological polar surface area (TPSA) is 70.2 Å². The van der Waals surface area contributed by atoms with Crippen LogP contribution < -0.4 is 10.6 Å². The van der Waals surface area contributed by atoms with Crippen LogP contribution in [0.25, 0.3) is 50.5 Å². The number of thiophene rings is 1. The minimum Gasteiger partial charge on any atom is -0.352 e. The molecular formula is C24H19N5S. The summed E-state index contributed by atoms with van der Waals surface area (Å²) in [6.07, 6.45) is 11.4. The Morgan fingerprint density at radius 3 is 2.77 bits per heavy atom. The van der Waals surface area contributed by atoms with Crippen molar-refractivity contribution in [2.45, 2.75) is 6.92 Å². The molecule has 0 saturated carbocycles. The average Bonchev–Trinajstić information content (AvgIpc) is 3.53. The molecule has 0 aliphatic carbocycles. The second kappa shape index (κ2) is 7.57. The predicted octanol–water partition coefficient (Wildman–Crippen LogP) is 4.37. The van der Waals surface area contributed by atoms with E-state index < -0.39 is 0 Å². The van der Waals surface area contributed by atoms with Crippen LogP contribution in [0.2, 0.25) is 0 Å². The van der Waals surface area contributed by atoms with Gasteiger partial charge in [0.15, 0.2) is 0 Å². The Balaban J connectivity index is 1.68. The molecule has 0 radical (unpaired) electrons. The van der Waals surface area contributed by atoms with Crippen molar-refractivity contribution in [1.82, 2.24) is 25.1 Å². The Labute approximate surface area is 177 Å². The quantitative estimate of drug-likeness (QED) is 0.463. The number of aromatic nitrogens is 5. The molecule has 0 spiro atoms. The zero-order valence-electron chi connectivity index (χ0n) is 16.4. The van der Waals surface area contributed by atoms with Gasteiger partial charge in [-0.15, -0.1) is 11.3 Å². The second-order valence-corrected chi connectivity index (χ2v) is 7.85. The summed E-state index contributed by atoms with van der Waals surface area (Å²) in [5, 5.41) is 12.9. The monoisotopic (exact) mass is 409 g/mol. The molecule has 0 saturated heterocycles. The third-order valence-corrected chi connectivity index (χ3v) is 5.98. The lowest BCUT2D eigenvalue weighted by molar-refractivity contribution is 1.06. The number of nitrogens with zero attached hydrogens (tertiary/aromatic N) is 3. The summed E-state index contributed by atoms with van der Waals surface area (Å²) in [6, 6.07) is 10.2. The van der Waals surface area contributed by atoms with Crippen LogP contribution in [0.4, 0.5) is 0 Å². The molecule has 5 nitrogen and oxygen atoms in total. The van der Waals surface area contributed by atoms with E-state index >= 15 is 0 Å². The molecule has 0 aromatic carbocycles. The molecule has 0 aliphatic rings. The summed E-state index contributed by atoms with van der Waals surface area (Å²) in [5.74, 6) is 0. The third-order valence-electron chi connectivity index (χ3n) is 5.08. The minimum atomic E-state index is 0.853. The Kier molecular flexibility index (Phi) is 4.61. The molecule has 0 atom stereocenters. The highest BCUT2D eigenvalue weighted by Crippen LogP contribution is 2.32. The van der Waals surface area contributed by atoms with E-state index in [2.05, 4.69) is 61.4 Å². The van der Waals surface area contributed by atoms with Crippen LogP contribution in [-0.2, 0) is 0 Å². The van der Waals surface area contributed by atoms with Gasteiger partial charge in [-0.1, -0.05) is 18.7 Å². The molecule has 5 heterocycles. The van der Waals surface area contributed by atoms with Crippen LogP contribution in [0.15, 0.2) is 67.1 Å². The fourth-order valence-corrected chi connectivity index (χ4v) is 4.32. The third kappa shape index (κ3) is 3.17. The molecule has 6 heteroatoms. The van der Waals surface area contributed by atoms with E-state index in [0.29, 0.717) is 0 Å². The zero-order valence-corrected chi connectivity index (χ0v) is 17.2. The number of nitrogens with one attached hydrogen (secondary N) is 2. The van der Waals surface area contributed by atoms with E-state index in [0.717, 1.165) is 49.6 Å². The summed E-state index contributed by atoms with van der Waals surface area (Å²) in [5.41, 5.74) is 5.83. The first-order valence-electron chi connectivity index (χ1n) is 9.57. The molecule has 5 rings (SSSR count). The normalized spacial score (nSPS) is 12.7. The Bertz CT molecular complexity index is 1460. The van der Waals surface area contributed by atoms with Crippen molar-refractivity contribution in [1.29, 1.82) is 0 Å². The van der Waals surface area contributed by atoms with Gasteiger partial charge in [-0.2, -0.15) is 5.10 Å². The van der Waals surface area contributed by atoms with Gasteiger partial charge in [0.1, 0.15) is 5.69 Å². The number of hydrogen-bond donors (Lipinski definition) is 2. The van der Waals surface area contributed by atoms with Gasteiger partial charge in [0.05, 0.1) is 22.8 Å². The van der Waals surface area contributed by atoms with Crippen molar-refractivity contribution in [3.05, 3.63) is 83.2 Å². The van der Waals surface area contributed by atoms with Crippen LogP contribution in [0.1, 0.15) is 12.5 Å². The van der Waals surface area contributed by atoms with Gasteiger partial charge >= 0.3 is 0 Å². The van der Waals surface area contributed by atoms with Gasteiger partial charge in [0, 0.05) is 39.6 Å². The first kappa shape index (κ1) is 18.3. The zero-order chi connectivity index (χ0) is 20.5. The van der Waals surface area contributed by atoms with Crippen molar-refractivity contribution in [3.63, 3.8) is 0 Å². The van der Waals surface area contributed by atoms with E-state index in [-0.39, 0.29) is 0 Å². The molecule has 5 aromatic heterocycles. The number of allylic oxidation sites excluding steroid dienone is 1. The molecular weight excluding hydrogens is 390 g/mol. The lowest BCUT2D eigenvalue weighted by atomic mass is 10.1. The van der Waals surface area contributed by atoms with E-state index in [1.807, 2.05) is 37.5 Å². The van der Waals surface area contributed by atoms with Crippen molar-refractivity contribution in [3.8, 4) is 21.8 Å². The van der Waals surface area contributed by atoms with Crippen LogP contribution in [0.5, 0.6) is 0 Å². The number of fused-ring (bicyclic) bond motifs is 1. The Morgan fingerprint density at radius 2 is 2.00 bits per heavy atom. The lowest BCUT2D eigenvalue weighted by Gasteiger charge is -1.99. The first-order chi connectivity index (χ1) is 14.7. The van der Waals surface area contributed by atoms with Crippen molar-refractivity contribution >= 4 is 40.0 Å². The Morgan fingerprint density at radius 1 is 1.13 bits per heavy atom. The van der Waals surface area contributed by atoms with Gasteiger partial charge in [-0.3, -0.25) is 15.1 Å². The van der Waals surface area contributed by atoms with Crippen LogP contribution in [-0.4, -0.2) is 25.1 Å². The molecule has 0 unspecified atom stereocenters. The number of H-pyrrole nitrogens is 2. The van der Waals surface area contributed by atoms with E-state index in [1.54, 1.807) is 23.7 Å². The van der Waals surface area contributed by atoms with E-state index in [4.69, 9.17) is 0 Å². The van der Waals surface area contributed by atoms with Crippen LogP contribution >= 0.6 is 11.3 Å². The van der Waals surface area contributed by atoms with Gasteiger partial charge in [-0.05, 0) is 53.8 Å². The molecule has 0 bridgehead atoms. The largest absolute Gasteiger partial charge is 0.352 e. The molecule has 0 aliphatic heterocycles. The summed E-state index contributed by atoms with van der Waals surface area (Å²) in [6.45, 7) is 6.24. The highest BCUT2D eigenvalue weighted by Gasteiger charge is 2.13. The molecule has 146 valence electrons. The lowest BCUT2D eigenvalue weighted by Crippen LogP contribution is -2.23. The van der Waals surface area contributed by atoms with Gasteiger partial charge in [0.2, 0.25) is 0 Å². The number of rotatable bonds is 4. The van der Waals surface area contributed by atoms with Crippen LogP contribution in [0.3, 0.4) is 0 Å². The number of pyridine rings is 2. The SMILES string of the molecule is C=C(/C=c1/c(-c2cc3c(-c4cccs4)cncc3[nH]2)n[nH]/c1=C/C)c1ccncc1. The maximum Gasteiger partial charge on any atom is 0.116 e. The average molecular weight is 410 g/mol. The standard InChI is InChI=1S/C24H19N5S/c1-3-20-18(11-15(2)16-6-8-25-9-7-16)24(29-28-20)21-12-17-19(23-5-4-10-30-23)13-26-14-22(17)27-21/h3-14,27-28H,2H2,1H3/b18-11+,20-3+. The number of hydrogen-bond acceptors (Lipinski definition) is 4. The summed E-state index contributed by atoms with van der Waals surface area (Å²) < 4.78 is 0. The van der Waals surface area contributed by atoms with Crippen molar-refractivity contribution in [2.75, 3.05) is 0 Å². The van der Waals surface area contributed by atoms with E-state index in [9.17, 15) is 0 Å². The first-order valence-corrected chi connectivity index (χ1v) is 10.5. The second-order valence-electron chi connectivity index (χ2n) is 6.90. The Hall–Kier alpha value is -3.77. The fraction of sp³-hybridized carbons (Fsp3) is 0.0417. The van der Waals surface area contributed by atoms with E-state index in [1.165, 1.54) is 4.88 Å². The maximum absolute atomic E-state index is 4.60. The molecule has 30 heavy (non-hydrogen) atoms. The van der Waals surface area contributed by atoms with Crippen molar-refractivity contribution in [2.24, 2.45) is 0 Å². The number of aromatic amines is 2. The summed E-state index contributed by atoms with van der Waals surface area (Å²) >= 11 is 1.71. The summed E-state index contributed by atoms with van der Waals surface area (Å²) in [7, 11) is 0. The van der Waals surface area contributed by atoms with Crippen LogP contribution in [0, 0.1) is 0 Å². The minimum absolute atomic E-state index is 0.853. The predicted molar refractivity (Wildman–Crippen MR) is 124 cm³/mol. The van der Waals surface area contributed by atoms with Gasteiger partial charge in [0.25, 0.3) is 0 Å². The van der Waals surface area contributed by atoms with Gasteiger partial charge < -0.3 is 4.98 Å². The molecule has 5 aromatic rings. The molecule has 0 amide bonds. The fourth-order valence-electron chi connectivity index (χ4n) is 3.57. The highest BCUT2D eigenvalue weighted by molar-refractivity contribution is 7.13.